The molecule has 2 rings (SSSR count). The fraction of sp³-hybridized carbons (Fsp3) is 0.318. The standard InChI is InChI=1S/C22H29N3O/c1-6-17-8-7-9-21(25-5)19(17)14-26-22-11-10-18(12-15(22)2)20(23)13-16(3)24-4/h7-13,23-25H,6,14H2,1-5H3/b16-13-,23-20?. The Morgan fingerprint density at radius 1 is 1.19 bits per heavy atom. The Kier molecular flexibility index (Phi) is 6.84. The molecule has 0 aromatic heterocycles. The second kappa shape index (κ2) is 9.09. The summed E-state index contributed by atoms with van der Waals surface area (Å²) >= 11 is 0. The fourth-order valence-corrected chi connectivity index (χ4v) is 2.87. The third-order valence-electron chi connectivity index (χ3n) is 4.54. The first-order chi connectivity index (χ1) is 12.5. The second-order valence-electron chi connectivity index (χ2n) is 6.31. The highest BCUT2D eigenvalue weighted by Crippen LogP contribution is 2.25. The number of anilines is 1. The zero-order valence-electron chi connectivity index (χ0n) is 16.4. The highest BCUT2D eigenvalue weighted by atomic mass is 16.5. The Morgan fingerprint density at radius 2 is 1.96 bits per heavy atom. The van der Waals surface area contributed by atoms with Crippen molar-refractivity contribution < 1.29 is 4.74 Å². The molecule has 0 spiro atoms. The molecule has 0 bridgehead atoms. The van der Waals surface area contributed by atoms with Crippen molar-refractivity contribution in [2.24, 2.45) is 0 Å². The van der Waals surface area contributed by atoms with Gasteiger partial charge in [-0.3, -0.25) is 0 Å². The van der Waals surface area contributed by atoms with Gasteiger partial charge in [0.15, 0.2) is 0 Å². The summed E-state index contributed by atoms with van der Waals surface area (Å²) in [4.78, 5) is 0. The molecule has 0 aliphatic heterocycles. The normalized spacial score (nSPS) is 11.2. The third kappa shape index (κ3) is 4.66. The first-order valence-electron chi connectivity index (χ1n) is 8.97. The van der Waals surface area contributed by atoms with E-state index in [9.17, 15) is 0 Å². The van der Waals surface area contributed by atoms with Crippen LogP contribution >= 0.6 is 0 Å². The van der Waals surface area contributed by atoms with E-state index < -0.39 is 0 Å². The van der Waals surface area contributed by atoms with E-state index in [0.717, 1.165) is 34.7 Å². The van der Waals surface area contributed by atoms with Gasteiger partial charge >= 0.3 is 0 Å². The quantitative estimate of drug-likeness (QED) is 0.606. The van der Waals surface area contributed by atoms with Gasteiger partial charge in [0.05, 0.1) is 5.71 Å². The molecule has 4 nitrogen and oxygen atoms in total. The molecule has 2 aromatic rings. The number of benzene rings is 2. The summed E-state index contributed by atoms with van der Waals surface area (Å²) < 4.78 is 6.11. The molecule has 0 amide bonds. The maximum atomic E-state index is 8.21. The minimum Gasteiger partial charge on any atom is -0.489 e. The minimum atomic E-state index is 0.486. The lowest BCUT2D eigenvalue weighted by molar-refractivity contribution is 0.303. The van der Waals surface area contributed by atoms with E-state index in [-0.39, 0.29) is 0 Å². The largest absolute Gasteiger partial charge is 0.489 e. The second-order valence-corrected chi connectivity index (χ2v) is 6.31. The monoisotopic (exact) mass is 351 g/mol. The number of hydrogen-bond acceptors (Lipinski definition) is 4. The van der Waals surface area contributed by atoms with Crippen LogP contribution in [0, 0.1) is 12.3 Å². The highest BCUT2D eigenvalue weighted by Gasteiger charge is 2.09. The van der Waals surface area contributed by atoms with Gasteiger partial charge in [0.1, 0.15) is 12.4 Å². The van der Waals surface area contributed by atoms with Crippen LogP contribution in [-0.4, -0.2) is 19.8 Å². The van der Waals surface area contributed by atoms with Crippen molar-refractivity contribution in [3.8, 4) is 5.75 Å². The average molecular weight is 351 g/mol. The lowest BCUT2D eigenvalue weighted by Gasteiger charge is -2.16. The van der Waals surface area contributed by atoms with Crippen molar-refractivity contribution in [1.29, 1.82) is 5.41 Å². The maximum Gasteiger partial charge on any atom is 0.122 e. The van der Waals surface area contributed by atoms with Gasteiger partial charge in [-0.25, -0.2) is 0 Å². The Balaban J connectivity index is 2.18. The molecule has 3 N–H and O–H groups in total. The van der Waals surface area contributed by atoms with Gasteiger partial charge in [0.2, 0.25) is 0 Å². The summed E-state index contributed by atoms with van der Waals surface area (Å²) in [5, 5.41) is 14.5. The van der Waals surface area contributed by atoms with E-state index in [0.29, 0.717) is 12.3 Å². The summed E-state index contributed by atoms with van der Waals surface area (Å²) in [7, 11) is 3.79. The molecule has 26 heavy (non-hydrogen) atoms. The van der Waals surface area contributed by atoms with Gasteiger partial charge < -0.3 is 20.8 Å². The van der Waals surface area contributed by atoms with E-state index in [4.69, 9.17) is 10.1 Å². The van der Waals surface area contributed by atoms with E-state index in [2.05, 4.69) is 35.8 Å². The number of hydrogen-bond donors (Lipinski definition) is 3. The van der Waals surface area contributed by atoms with E-state index >= 15 is 0 Å². The van der Waals surface area contributed by atoms with Crippen LogP contribution < -0.4 is 15.4 Å². The maximum absolute atomic E-state index is 8.21. The Bertz CT molecular complexity index is 787. The van der Waals surface area contributed by atoms with Gasteiger partial charge in [0, 0.05) is 31.0 Å². The van der Waals surface area contributed by atoms with E-state index in [1.54, 1.807) is 0 Å². The molecule has 0 aliphatic carbocycles. The SMILES string of the molecule is CCc1cccc(NC)c1COc1ccc(C(=N)/C=C(/C)NC)cc1C. The van der Waals surface area contributed by atoms with Crippen molar-refractivity contribution in [3.63, 3.8) is 0 Å². The predicted octanol–water partition coefficient (Wildman–Crippen LogP) is 4.67. The van der Waals surface area contributed by atoms with Gasteiger partial charge in [-0.1, -0.05) is 19.1 Å². The first-order valence-corrected chi connectivity index (χ1v) is 8.97. The molecule has 0 saturated heterocycles. The number of nitrogens with one attached hydrogen (secondary N) is 3. The molecule has 4 heteroatoms. The molecule has 0 saturated carbocycles. The number of ether oxygens (including phenoxy) is 1. The average Bonchev–Trinajstić information content (AvgIpc) is 2.66. The van der Waals surface area contributed by atoms with E-state index in [1.165, 1.54) is 11.1 Å². The molecule has 0 radical (unpaired) electrons. The molecule has 0 heterocycles. The van der Waals surface area contributed by atoms with Gasteiger partial charge in [-0.2, -0.15) is 0 Å². The molecule has 0 unspecified atom stereocenters. The molecule has 2 aromatic carbocycles. The number of allylic oxidation sites excluding steroid dienone is 2. The summed E-state index contributed by atoms with van der Waals surface area (Å²) in [5.41, 5.74) is 6.95. The van der Waals surface area contributed by atoms with Crippen LogP contribution in [0.3, 0.4) is 0 Å². The van der Waals surface area contributed by atoms with Crippen LogP contribution in [0.1, 0.15) is 36.1 Å². The molecule has 0 fully saturated rings. The lowest BCUT2D eigenvalue weighted by atomic mass is 10.0. The zero-order valence-corrected chi connectivity index (χ0v) is 16.4. The minimum absolute atomic E-state index is 0.486. The topological polar surface area (TPSA) is 57.1 Å². The molecular weight excluding hydrogens is 322 g/mol. The lowest BCUT2D eigenvalue weighted by Crippen LogP contribution is -2.07. The van der Waals surface area contributed by atoms with Crippen LogP contribution in [-0.2, 0) is 13.0 Å². The summed E-state index contributed by atoms with van der Waals surface area (Å²) in [5.74, 6) is 0.851. The van der Waals surface area contributed by atoms with Crippen LogP contribution in [0.25, 0.3) is 0 Å². The predicted molar refractivity (Wildman–Crippen MR) is 111 cm³/mol. The van der Waals surface area contributed by atoms with Crippen molar-refractivity contribution in [2.45, 2.75) is 33.8 Å². The third-order valence-corrected chi connectivity index (χ3v) is 4.54. The Labute approximate surface area is 156 Å². The smallest absolute Gasteiger partial charge is 0.122 e. The summed E-state index contributed by atoms with van der Waals surface area (Å²) in [6.45, 7) is 6.65. The molecular formula is C22H29N3O. The zero-order chi connectivity index (χ0) is 19.1. The van der Waals surface area contributed by atoms with E-state index in [1.807, 2.05) is 52.2 Å². The molecule has 0 atom stereocenters. The van der Waals surface area contributed by atoms with Crippen molar-refractivity contribution in [3.05, 3.63) is 70.4 Å². The van der Waals surface area contributed by atoms with Crippen LogP contribution in [0.15, 0.2) is 48.2 Å². The Morgan fingerprint density at radius 3 is 2.58 bits per heavy atom. The molecule has 0 aliphatic rings. The summed E-state index contributed by atoms with van der Waals surface area (Å²) in [6, 6.07) is 12.2. The fourth-order valence-electron chi connectivity index (χ4n) is 2.87. The van der Waals surface area contributed by atoms with Gasteiger partial charge in [-0.15, -0.1) is 0 Å². The van der Waals surface area contributed by atoms with Crippen molar-refractivity contribution in [1.82, 2.24) is 5.32 Å². The van der Waals surface area contributed by atoms with Crippen molar-refractivity contribution >= 4 is 11.4 Å². The van der Waals surface area contributed by atoms with Crippen LogP contribution in [0.5, 0.6) is 5.75 Å². The number of aryl methyl sites for hydroxylation is 2. The van der Waals surface area contributed by atoms with Crippen LogP contribution in [0.4, 0.5) is 5.69 Å². The summed E-state index contributed by atoms with van der Waals surface area (Å²) in [6.07, 6.45) is 2.80. The number of rotatable bonds is 8. The van der Waals surface area contributed by atoms with Gasteiger partial charge in [0.25, 0.3) is 0 Å². The molecule has 138 valence electrons. The highest BCUT2D eigenvalue weighted by molar-refractivity contribution is 6.07. The van der Waals surface area contributed by atoms with Crippen molar-refractivity contribution in [2.75, 3.05) is 19.4 Å². The van der Waals surface area contributed by atoms with Crippen LogP contribution in [0.2, 0.25) is 0 Å². The van der Waals surface area contributed by atoms with Gasteiger partial charge in [-0.05, 0) is 67.3 Å². The Hall–Kier alpha value is -2.75. The first kappa shape index (κ1) is 19.6.